The van der Waals surface area contributed by atoms with Crippen LogP contribution in [0.4, 0.5) is 11.5 Å². The second kappa shape index (κ2) is 6.01. The number of nitrogens with zero attached hydrogens (tertiary/aromatic N) is 2. The van der Waals surface area contributed by atoms with Crippen LogP contribution in [-0.4, -0.2) is 34.6 Å². The normalized spacial score (nSPS) is 11.0. The summed E-state index contributed by atoms with van der Waals surface area (Å²) < 4.78 is 31.6. The van der Waals surface area contributed by atoms with Gasteiger partial charge < -0.3 is 10.1 Å². The lowest BCUT2D eigenvalue weighted by Gasteiger charge is -2.20. The molecule has 2 rings (SSSR count). The second-order valence-electron chi connectivity index (χ2n) is 4.30. The molecule has 1 aromatic heterocycles. The van der Waals surface area contributed by atoms with Gasteiger partial charge in [-0.05, 0) is 18.2 Å². The number of hydrogen-bond acceptors (Lipinski definition) is 5. The number of pyridine rings is 1. The highest BCUT2D eigenvalue weighted by atomic mass is 32.2. The monoisotopic (exact) mass is 307 g/mol. The fourth-order valence-electron chi connectivity index (χ4n) is 1.81. The maximum absolute atomic E-state index is 12.6. The molecule has 0 fully saturated rings. The van der Waals surface area contributed by atoms with Crippen molar-refractivity contribution in [2.45, 2.75) is 4.90 Å². The quantitative estimate of drug-likeness (QED) is 0.914. The molecule has 0 aliphatic heterocycles. The van der Waals surface area contributed by atoms with Crippen LogP contribution >= 0.6 is 0 Å². The van der Waals surface area contributed by atoms with Crippen molar-refractivity contribution in [3.63, 3.8) is 0 Å². The third-order valence-electron chi connectivity index (χ3n) is 3.06. The summed E-state index contributed by atoms with van der Waals surface area (Å²) in [7, 11) is 1.07. The minimum absolute atomic E-state index is 0.173. The highest BCUT2D eigenvalue weighted by Crippen LogP contribution is 2.25. The predicted octanol–water partition coefficient (Wildman–Crippen LogP) is 1.96. The van der Waals surface area contributed by atoms with E-state index in [1.54, 1.807) is 31.3 Å². The van der Waals surface area contributed by atoms with Crippen molar-refractivity contribution < 1.29 is 13.2 Å². The summed E-state index contributed by atoms with van der Waals surface area (Å²) in [6, 6.07) is 9.83. The summed E-state index contributed by atoms with van der Waals surface area (Å²) in [6.45, 7) is 0. The fraction of sp³-hybridized carbons (Fsp3) is 0.214. The van der Waals surface area contributed by atoms with Gasteiger partial charge in [0.25, 0.3) is 10.0 Å². The van der Waals surface area contributed by atoms with E-state index in [2.05, 4.69) is 10.3 Å². The molecule has 1 N–H and O–H groups in total. The Balaban J connectivity index is 2.42. The summed E-state index contributed by atoms with van der Waals surface area (Å²) in [4.78, 5) is 4.19. The molecule has 112 valence electrons. The van der Waals surface area contributed by atoms with E-state index in [-0.39, 0.29) is 4.90 Å². The van der Waals surface area contributed by atoms with Gasteiger partial charge in [-0.1, -0.05) is 6.07 Å². The van der Waals surface area contributed by atoms with Crippen molar-refractivity contribution in [2.75, 3.05) is 30.8 Å². The van der Waals surface area contributed by atoms with Gasteiger partial charge in [0.2, 0.25) is 0 Å². The number of anilines is 2. The van der Waals surface area contributed by atoms with Gasteiger partial charge >= 0.3 is 0 Å². The van der Waals surface area contributed by atoms with E-state index in [4.69, 9.17) is 4.74 Å². The number of methoxy groups -OCH3 is 1. The van der Waals surface area contributed by atoms with E-state index < -0.39 is 10.0 Å². The molecule has 7 heteroatoms. The molecular formula is C14H17N3O3S. The maximum atomic E-state index is 12.6. The van der Waals surface area contributed by atoms with Crippen LogP contribution in [0.5, 0.6) is 5.75 Å². The molecule has 6 nitrogen and oxygen atoms in total. The molecule has 1 aromatic carbocycles. The third-order valence-corrected chi connectivity index (χ3v) is 4.84. The molecule has 1 heterocycles. The predicted molar refractivity (Wildman–Crippen MR) is 82.4 cm³/mol. The molecule has 0 unspecified atom stereocenters. The minimum atomic E-state index is -3.65. The average molecular weight is 307 g/mol. The summed E-state index contributed by atoms with van der Waals surface area (Å²) in [5.41, 5.74) is 0.525. The Kier molecular flexibility index (Phi) is 4.32. The third kappa shape index (κ3) is 3.08. The minimum Gasteiger partial charge on any atom is -0.497 e. The van der Waals surface area contributed by atoms with Crippen LogP contribution in [0.1, 0.15) is 0 Å². The van der Waals surface area contributed by atoms with Gasteiger partial charge in [-0.15, -0.1) is 0 Å². The van der Waals surface area contributed by atoms with Gasteiger partial charge in [-0.25, -0.2) is 13.4 Å². The molecule has 0 aliphatic rings. The number of nitrogens with one attached hydrogen (secondary N) is 1. The fourth-order valence-corrected chi connectivity index (χ4v) is 3.01. The van der Waals surface area contributed by atoms with Gasteiger partial charge in [-0.3, -0.25) is 4.31 Å². The van der Waals surface area contributed by atoms with E-state index in [1.165, 1.54) is 36.8 Å². The van der Waals surface area contributed by atoms with Crippen molar-refractivity contribution in [1.82, 2.24) is 4.98 Å². The zero-order chi connectivity index (χ0) is 15.5. The first-order valence-corrected chi connectivity index (χ1v) is 7.70. The first kappa shape index (κ1) is 15.1. The Morgan fingerprint density at radius 1 is 1.24 bits per heavy atom. The Labute approximate surface area is 124 Å². The van der Waals surface area contributed by atoms with E-state index in [1.807, 2.05) is 0 Å². The molecule has 0 radical (unpaired) electrons. The molecule has 0 saturated heterocycles. The number of sulfonamides is 1. The van der Waals surface area contributed by atoms with E-state index in [0.29, 0.717) is 17.3 Å². The lowest BCUT2D eigenvalue weighted by Crippen LogP contribution is -2.26. The number of aromatic nitrogens is 1. The molecule has 0 amide bonds. The zero-order valence-electron chi connectivity index (χ0n) is 12.1. The van der Waals surface area contributed by atoms with Crippen molar-refractivity contribution in [1.29, 1.82) is 0 Å². The van der Waals surface area contributed by atoms with Crippen LogP contribution < -0.4 is 14.4 Å². The molecular weight excluding hydrogens is 290 g/mol. The largest absolute Gasteiger partial charge is 0.497 e. The molecule has 2 aromatic rings. The molecule has 21 heavy (non-hydrogen) atoms. The van der Waals surface area contributed by atoms with Gasteiger partial charge in [0.05, 0.1) is 17.7 Å². The molecule has 0 saturated carbocycles. The van der Waals surface area contributed by atoms with Crippen LogP contribution in [0.2, 0.25) is 0 Å². The first-order chi connectivity index (χ1) is 9.98. The average Bonchev–Trinajstić information content (AvgIpc) is 2.54. The first-order valence-electron chi connectivity index (χ1n) is 6.26. The summed E-state index contributed by atoms with van der Waals surface area (Å²) in [6.07, 6.45) is 1.46. The van der Waals surface area contributed by atoms with E-state index >= 15 is 0 Å². The zero-order valence-corrected chi connectivity index (χ0v) is 12.9. The highest BCUT2D eigenvalue weighted by Gasteiger charge is 2.22. The van der Waals surface area contributed by atoms with Crippen LogP contribution in [0.25, 0.3) is 0 Å². The molecule has 0 spiro atoms. The van der Waals surface area contributed by atoms with Crippen molar-refractivity contribution >= 4 is 21.5 Å². The number of rotatable bonds is 5. The SMILES string of the molecule is CNc1cc(S(=O)(=O)N(C)c2cccc(OC)c2)ccn1. The summed E-state index contributed by atoms with van der Waals surface area (Å²) in [5, 5.41) is 2.82. The highest BCUT2D eigenvalue weighted by molar-refractivity contribution is 7.92. The maximum Gasteiger partial charge on any atom is 0.264 e. The lowest BCUT2D eigenvalue weighted by molar-refractivity contribution is 0.415. The Hall–Kier alpha value is -2.28. The number of benzene rings is 1. The van der Waals surface area contributed by atoms with Crippen molar-refractivity contribution in [2.24, 2.45) is 0 Å². The van der Waals surface area contributed by atoms with Gasteiger partial charge in [0.1, 0.15) is 11.6 Å². The van der Waals surface area contributed by atoms with Crippen molar-refractivity contribution in [3.05, 3.63) is 42.6 Å². The molecule has 0 aliphatic carbocycles. The van der Waals surface area contributed by atoms with Crippen LogP contribution in [0.3, 0.4) is 0 Å². The Morgan fingerprint density at radius 3 is 2.67 bits per heavy atom. The number of ether oxygens (including phenoxy) is 1. The standard InChI is InChI=1S/C14H17N3O3S/c1-15-14-10-13(7-8-16-14)21(18,19)17(2)11-5-4-6-12(9-11)20-3/h4-10H,1-3H3,(H,15,16). The van der Waals surface area contributed by atoms with Gasteiger partial charge in [0, 0.05) is 32.4 Å². The smallest absolute Gasteiger partial charge is 0.264 e. The summed E-state index contributed by atoms with van der Waals surface area (Å²) in [5.74, 6) is 1.09. The number of hydrogen-bond donors (Lipinski definition) is 1. The van der Waals surface area contributed by atoms with Crippen LogP contribution in [0, 0.1) is 0 Å². The van der Waals surface area contributed by atoms with Crippen molar-refractivity contribution in [3.8, 4) is 5.75 Å². The molecule has 0 atom stereocenters. The van der Waals surface area contributed by atoms with E-state index in [0.717, 1.165) is 0 Å². The molecule has 0 bridgehead atoms. The Morgan fingerprint density at radius 2 is 2.00 bits per heavy atom. The van der Waals surface area contributed by atoms with Crippen LogP contribution in [-0.2, 0) is 10.0 Å². The van der Waals surface area contributed by atoms with Gasteiger partial charge in [-0.2, -0.15) is 0 Å². The van der Waals surface area contributed by atoms with E-state index in [9.17, 15) is 8.42 Å². The van der Waals surface area contributed by atoms with Gasteiger partial charge in [0.15, 0.2) is 0 Å². The summed E-state index contributed by atoms with van der Waals surface area (Å²) >= 11 is 0. The van der Waals surface area contributed by atoms with Crippen LogP contribution in [0.15, 0.2) is 47.5 Å². The Bertz CT molecular complexity index is 732. The lowest BCUT2D eigenvalue weighted by atomic mass is 10.3. The topological polar surface area (TPSA) is 71.5 Å². The second-order valence-corrected chi connectivity index (χ2v) is 6.27.